The van der Waals surface area contributed by atoms with Gasteiger partial charge in [0.1, 0.15) is 47.0 Å². The predicted octanol–water partition coefficient (Wildman–Crippen LogP) is 18.5. The molecule has 688 valence electrons. The van der Waals surface area contributed by atoms with Gasteiger partial charge < -0.3 is 79.4 Å². The number of carboxylic acid groups (broad SMARTS) is 1. The van der Waals surface area contributed by atoms with Gasteiger partial charge in [-0.3, -0.25) is 28.9 Å². The lowest BCUT2D eigenvalue weighted by atomic mass is 9.78. The fourth-order valence-corrected chi connectivity index (χ4v) is 19.2. The predicted molar refractivity (Wildman–Crippen MR) is 494 cm³/mol. The zero-order valence-electron chi connectivity index (χ0n) is 76.3. The van der Waals surface area contributed by atoms with Crippen molar-refractivity contribution in [2.75, 3.05) is 54.6 Å². The number of aliphatic carboxylic acids is 1. The van der Waals surface area contributed by atoms with E-state index >= 15 is 0 Å². The fraction of sp³-hybridized carbons (Fsp3) is 0.470. The summed E-state index contributed by atoms with van der Waals surface area (Å²) in [6.45, 7) is 15.8. The van der Waals surface area contributed by atoms with Crippen LogP contribution in [0, 0.1) is 29.6 Å². The average molecular weight is 1780 g/mol. The molecule has 8 heterocycles. The molecule has 8 N–H and O–H groups in total. The van der Waals surface area contributed by atoms with Gasteiger partial charge in [-0.25, -0.2) is 39.1 Å². The molecular weight excluding hydrogens is 1650 g/mol. The Kier molecular flexibility index (Phi) is 30.2. The molecule has 4 aliphatic heterocycles. The van der Waals surface area contributed by atoms with E-state index in [0.717, 1.165) is 221 Å². The number of aromatic amines is 4. The van der Waals surface area contributed by atoms with Crippen LogP contribution in [0.25, 0.3) is 88.8 Å². The average Bonchev–Trinajstić information content (AvgIpc) is 1.58. The number of fused-ring (bicyclic) bond motifs is 2. The van der Waals surface area contributed by atoms with Crippen LogP contribution in [0.15, 0.2) is 146 Å². The summed E-state index contributed by atoms with van der Waals surface area (Å²) < 4.78 is 24.6. The lowest BCUT2D eigenvalue weighted by Crippen LogP contribution is -2.52. The minimum absolute atomic E-state index is 0.0104. The first-order chi connectivity index (χ1) is 62.6. The number of carbonyl (C=O) groups excluding carboxylic acids is 8. The van der Waals surface area contributed by atoms with E-state index in [1.54, 1.807) is 4.90 Å². The Morgan fingerprint density at radius 1 is 0.385 bits per heavy atom. The maximum atomic E-state index is 14.0. The van der Waals surface area contributed by atoms with Gasteiger partial charge in [-0.1, -0.05) is 163 Å². The fourth-order valence-electron chi connectivity index (χ4n) is 19.2. The van der Waals surface area contributed by atoms with Crippen molar-refractivity contribution >= 4 is 75.6 Å². The van der Waals surface area contributed by atoms with Crippen LogP contribution < -0.4 is 16.0 Å². The van der Waals surface area contributed by atoms with E-state index in [4.69, 9.17) is 39.0 Å². The SMILES string of the molecule is COC(=O)C[C@H](C(=O)O)C1CCCCC1.COC(=O)N[C@H](C(=O)N1CCC[C@H]1c1ncc(-c2ccc3cc(-c4ccc(-c5cnc([C@@H]6CCCN6C(=O)OC(C)(C)C)[nH]5)cc4)ccc3c2)[nH]1)C(C)C.COC(=O)N[C@H](C(=O)N1CCC[C@H]1c1ncc(-c2ccc3cc(-c4ccc(-c5cnc([C@@H]6CCCN6C(=O)[C@@H](NC(=O)OC)C6CCCCC6)[nH]5)cc4)ccc3c2)[nH]1)C(C)C. The Bertz CT molecular complexity index is 5640. The number of ether oxygens (including phenoxy) is 5. The number of rotatable bonds is 23. The molecular formula is C100H123N15O15. The Hall–Kier alpha value is -12.9. The van der Waals surface area contributed by atoms with Crippen molar-refractivity contribution in [3.05, 3.63) is 169 Å². The van der Waals surface area contributed by atoms with E-state index in [2.05, 4.69) is 167 Å². The van der Waals surface area contributed by atoms with E-state index in [9.17, 15) is 43.2 Å². The number of carbonyl (C=O) groups is 9. The topological polar surface area (TPSA) is 384 Å². The number of alkyl carbamates (subject to hydrolysis) is 3. The van der Waals surface area contributed by atoms with Crippen molar-refractivity contribution < 1.29 is 71.9 Å². The summed E-state index contributed by atoms with van der Waals surface area (Å²) in [5, 5.41) is 21.8. The summed E-state index contributed by atoms with van der Waals surface area (Å²) in [5.41, 5.74) is 11.4. The van der Waals surface area contributed by atoms with Gasteiger partial charge in [-0.05, 0) is 201 Å². The van der Waals surface area contributed by atoms with Gasteiger partial charge in [0.25, 0.3) is 0 Å². The molecule has 6 aliphatic rings. The maximum Gasteiger partial charge on any atom is 0.410 e. The van der Waals surface area contributed by atoms with Gasteiger partial charge in [-0.2, -0.15) is 0 Å². The molecule has 10 aromatic rings. The molecule has 0 unspecified atom stereocenters. The zero-order valence-corrected chi connectivity index (χ0v) is 76.3. The smallest absolute Gasteiger partial charge is 0.410 e. The first-order valence-electron chi connectivity index (χ1n) is 45.9. The number of likely N-dealkylation sites (tertiary alicyclic amines) is 4. The Morgan fingerprint density at radius 3 is 1.05 bits per heavy atom. The molecule has 0 spiro atoms. The summed E-state index contributed by atoms with van der Waals surface area (Å²) in [6.07, 6.45) is 22.2. The Labute approximate surface area is 758 Å². The number of nitrogens with one attached hydrogen (secondary N) is 7. The van der Waals surface area contributed by atoms with Crippen LogP contribution in [0.1, 0.15) is 218 Å². The standard InChI is InChI=1S/C47H56N8O6.C42H49N7O5.C11H18O4/c1-28(2)40(52-46(58)60-3)44(56)54-22-8-12-38(54)43-49-27-37(51-43)35-21-20-33-24-32(18-19-34(33)25-35)29-14-16-30(17-15-29)36-26-48-42(50-36)39-13-9-23-55(39)45(57)41(53-47(59)61-4)31-10-6-5-7-11-31;1-25(2)36(47-40(51)53-6)39(50)48-19-7-9-34(48)37-44-24-33(46-37)31-18-17-29-21-28(15-16-30(29)22-31)26-11-13-27(14-12-26)32-23-43-38(45-32)35-10-8-20-49(35)41(52)54-42(3,4)5;1-15-10(12)7-9(11(13)14)8-5-3-2-4-6-8/h14-21,24-28,31,38-41H,5-13,22-23H2,1-4H3,(H,48,50)(H,49,51)(H,52,58)(H,53,59);11-18,21-25,34-36H,7-10,19-20H2,1-6H3,(H,43,45)(H,44,46)(H,47,51);8-9H,2-7H2,1H3,(H,13,14)/t38-,39-,40-,41-;34-,35-,36-;9-/m000/s1. The Balaban J connectivity index is 0.000000182. The molecule has 30 nitrogen and oxygen atoms in total. The van der Waals surface area contributed by atoms with Crippen molar-refractivity contribution in [3.8, 4) is 67.3 Å². The highest BCUT2D eigenvalue weighted by Gasteiger charge is 2.43. The summed E-state index contributed by atoms with van der Waals surface area (Å²) in [6, 6.07) is 39.8. The highest BCUT2D eigenvalue weighted by Crippen LogP contribution is 2.42. The van der Waals surface area contributed by atoms with Crippen LogP contribution in [0.5, 0.6) is 0 Å². The van der Waals surface area contributed by atoms with Crippen LogP contribution >= 0.6 is 0 Å². The maximum absolute atomic E-state index is 14.0. The summed E-state index contributed by atoms with van der Waals surface area (Å²) in [5.74, 6) is 0.877. The van der Waals surface area contributed by atoms with E-state index in [1.807, 2.05) is 88.0 Å². The van der Waals surface area contributed by atoms with Gasteiger partial charge in [0, 0.05) is 37.3 Å². The third-order valence-corrected chi connectivity index (χ3v) is 26.3. The second-order valence-corrected chi connectivity index (χ2v) is 36.7. The molecule has 4 saturated heterocycles. The third-order valence-electron chi connectivity index (χ3n) is 26.3. The molecule has 8 atom stereocenters. The van der Waals surface area contributed by atoms with E-state index < -0.39 is 59.9 Å². The molecule has 4 aromatic heterocycles. The van der Waals surface area contributed by atoms with Crippen LogP contribution in [-0.2, 0) is 47.7 Å². The van der Waals surface area contributed by atoms with E-state index in [1.165, 1.54) is 34.9 Å². The number of hydrogen-bond acceptors (Lipinski definition) is 18. The molecule has 0 bridgehead atoms. The van der Waals surface area contributed by atoms with Crippen LogP contribution in [0.2, 0.25) is 0 Å². The van der Waals surface area contributed by atoms with Gasteiger partial charge in [0.15, 0.2) is 0 Å². The lowest BCUT2D eigenvalue weighted by molar-refractivity contribution is -0.152. The largest absolute Gasteiger partial charge is 0.481 e. The second kappa shape index (κ2) is 42.1. The lowest BCUT2D eigenvalue weighted by Gasteiger charge is -2.34. The number of esters is 1. The highest BCUT2D eigenvalue weighted by molar-refractivity contribution is 5.93. The van der Waals surface area contributed by atoms with E-state index in [-0.39, 0.29) is 78.1 Å². The molecule has 2 saturated carbocycles. The molecule has 6 fully saturated rings. The van der Waals surface area contributed by atoms with Crippen molar-refractivity contribution in [3.63, 3.8) is 0 Å². The quantitative estimate of drug-likeness (QED) is 0.0218. The molecule has 2 aliphatic carbocycles. The highest BCUT2D eigenvalue weighted by atomic mass is 16.6. The third kappa shape index (κ3) is 22.2. The van der Waals surface area contributed by atoms with Crippen molar-refractivity contribution in [1.82, 2.24) is 75.4 Å². The van der Waals surface area contributed by atoms with Gasteiger partial charge >= 0.3 is 36.3 Å². The van der Waals surface area contributed by atoms with Gasteiger partial charge in [0.2, 0.25) is 17.7 Å². The van der Waals surface area contributed by atoms with Crippen molar-refractivity contribution in [1.29, 1.82) is 0 Å². The van der Waals surface area contributed by atoms with Crippen molar-refractivity contribution in [2.24, 2.45) is 29.6 Å². The number of aromatic nitrogens is 8. The number of imidazole rings is 4. The number of H-pyrrole nitrogens is 4. The van der Waals surface area contributed by atoms with Crippen LogP contribution in [0.3, 0.4) is 0 Å². The van der Waals surface area contributed by atoms with Crippen LogP contribution in [0.4, 0.5) is 19.2 Å². The number of nitrogens with zero attached hydrogens (tertiary/aromatic N) is 8. The summed E-state index contributed by atoms with van der Waals surface area (Å²) >= 11 is 0. The number of benzene rings is 6. The molecule has 0 radical (unpaired) electrons. The second-order valence-electron chi connectivity index (χ2n) is 36.7. The number of methoxy groups -OCH3 is 4. The van der Waals surface area contributed by atoms with Gasteiger partial charge in [-0.15, -0.1) is 0 Å². The summed E-state index contributed by atoms with van der Waals surface area (Å²) in [7, 11) is 5.22. The van der Waals surface area contributed by atoms with Crippen molar-refractivity contribution in [2.45, 2.75) is 218 Å². The van der Waals surface area contributed by atoms with E-state index in [0.29, 0.717) is 26.2 Å². The minimum Gasteiger partial charge on any atom is -0.481 e. The molecule has 16 rings (SSSR count). The molecule has 6 aromatic carbocycles. The minimum atomic E-state index is -0.868. The molecule has 7 amide bonds. The molecule has 30 heteroatoms. The normalized spacial score (nSPS) is 18.7. The monoisotopic (exact) mass is 1770 g/mol. The first-order valence-corrected chi connectivity index (χ1v) is 45.9. The number of amides is 7. The zero-order chi connectivity index (χ0) is 92.0. The first kappa shape index (κ1) is 93.3. The summed E-state index contributed by atoms with van der Waals surface area (Å²) in [4.78, 5) is 152. The van der Waals surface area contributed by atoms with Crippen LogP contribution in [-0.4, -0.2) is 197 Å². The molecule has 130 heavy (non-hydrogen) atoms. The van der Waals surface area contributed by atoms with Gasteiger partial charge in [0.05, 0.1) is 113 Å². The Morgan fingerprint density at radius 2 is 0.700 bits per heavy atom. The number of hydrogen-bond donors (Lipinski definition) is 8. The number of carboxylic acids is 1.